The van der Waals surface area contributed by atoms with Gasteiger partial charge in [-0.05, 0) is 36.8 Å². The Morgan fingerprint density at radius 2 is 2.50 bits per heavy atom. The molecule has 0 aromatic carbocycles. The maximum Gasteiger partial charge on any atom is 0.0302 e. The van der Waals surface area contributed by atoms with E-state index in [0.29, 0.717) is 17.9 Å². The fraction of sp³-hybridized carbons (Fsp3) is 0.500. The first-order chi connectivity index (χ1) is 5.79. The largest absolute Gasteiger partial charge is 0.328 e. The lowest BCUT2D eigenvalue weighted by Crippen LogP contribution is -2.17. The molecule has 1 heterocycles. The van der Waals surface area contributed by atoms with E-state index >= 15 is 0 Å². The first-order valence-electron chi connectivity index (χ1n) is 4.44. The molecule has 1 aliphatic rings. The standard InChI is InChI=1S/C10H14N2/c1-7(11)9-5-10(9)8-3-2-4-12-6-8/h2-4,6-7,9-10H,5,11H2,1H3. The second-order valence-electron chi connectivity index (χ2n) is 3.65. The van der Waals surface area contributed by atoms with Crippen molar-refractivity contribution in [3.8, 4) is 0 Å². The van der Waals surface area contributed by atoms with E-state index in [1.165, 1.54) is 12.0 Å². The molecule has 64 valence electrons. The maximum atomic E-state index is 5.81. The third-order valence-electron chi connectivity index (χ3n) is 2.63. The van der Waals surface area contributed by atoms with Gasteiger partial charge in [0.05, 0.1) is 0 Å². The van der Waals surface area contributed by atoms with E-state index < -0.39 is 0 Å². The number of hydrogen-bond acceptors (Lipinski definition) is 2. The molecule has 1 aromatic rings. The Morgan fingerprint density at radius 3 is 3.00 bits per heavy atom. The lowest BCUT2D eigenvalue weighted by Gasteiger charge is -2.02. The Bertz CT molecular complexity index is 256. The Kier molecular flexibility index (Phi) is 1.85. The van der Waals surface area contributed by atoms with Crippen molar-refractivity contribution in [1.82, 2.24) is 4.98 Å². The normalized spacial score (nSPS) is 29.8. The first kappa shape index (κ1) is 7.74. The Morgan fingerprint density at radius 1 is 1.67 bits per heavy atom. The third kappa shape index (κ3) is 1.34. The Labute approximate surface area is 72.8 Å². The zero-order valence-corrected chi connectivity index (χ0v) is 7.27. The van der Waals surface area contributed by atoms with Gasteiger partial charge in [0.2, 0.25) is 0 Å². The van der Waals surface area contributed by atoms with Crippen LogP contribution in [0.4, 0.5) is 0 Å². The third-order valence-corrected chi connectivity index (χ3v) is 2.63. The van der Waals surface area contributed by atoms with E-state index in [4.69, 9.17) is 5.73 Å². The van der Waals surface area contributed by atoms with Gasteiger partial charge in [0.25, 0.3) is 0 Å². The lowest BCUT2D eigenvalue weighted by atomic mass is 10.1. The average Bonchev–Trinajstić information content (AvgIpc) is 2.84. The smallest absolute Gasteiger partial charge is 0.0302 e. The van der Waals surface area contributed by atoms with Gasteiger partial charge in [-0.2, -0.15) is 0 Å². The predicted molar refractivity (Wildman–Crippen MR) is 48.7 cm³/mol. The zero-order valence-electron chi connectivity index (χ0n) is 7.27. The Balaban J connectivity index is 2.06. The highest BCUT2D eigenvalue weighted by molar-refractivity contribution is 5.23. The molecule has 1 aromatic heterocycles. The van der Waals surface area contributed by atoms with E-state index in [-0.39, 0.29) is 0 Å². The first-order valence-corrected chi connectivity index (χ1v) is 4.44. The summed E-state index contributed by atoms with van der Waals surface area (Å²) in [5.41, 5.74) is 7.15. The summed E-state index contributed by atoms with van der Waals surface area (Å²) >= 11 is 0. The maximum absolute atomic E-state index is 5.81. The molecule has 0 spiro atoms. The van der Waals surface area contributed by atoms with Gasteiger partial charge in [-0.1, -0.05) is 6.07 Å². The molecule has 2 heteroatoms. The zero-order chi connectivity index (χ0) is 8.55. The predicted octanol–water partition coefficient (Wildman–Crippen LogP) is 1.53. The summed E-state index contributed by atoms with van der Waals surface area (Å²) in [6.45, 7) is 2.08. The van der Waals surface area contributed by atoms with Crippen molar-refractivity contribution in [2.45, 2.75) is 25.3 Å². The van der Waals surface area contributed by atoms with Crippen LogP contribution in [0.15, 0.2) is 24.5 Å². The molecule has 2 nitrogen and oxygen atoms in total. The summed E-state index contributed by atoms with van der Waals surface area (Å²) in [6, 6.07) is 4.46. The monoisotopic (exact) mass is 162 g/mol. The summed E-state index contributed by atoms with van der Waals surface area (Å²) in [5.74, 6) is 1.37. The van der Waals surface area contributed by atoms with Crippen molar-refractivity contribution in [2.24, 2.45) is 11.7 Å². The SMILES string of the molecule is CC(N)C1CC1c1cccnc1. The van der Waals surface area contributed by atoms with Crippen LogP contribution in [-0.2, 0) is 0 Å². The highest BCUT2D eigenvalue weighted by Gasteiger charge is 2.40. The highest BCUT2D eigenvalue weighted by atomic mass is 14.7. The summed E-state index contributed by atoms with van der Waals surface area (Å²) in [6.07, 6.45) is 5.00. The molecular weight excluding hydrogens is 148 g/mol. The van der Waals surface area contributed by atoms with Crippen molar-refractivity contribution in [1.29, 1.82) is 0 Å². The molecule has 1 saturated carbocycles. The molecule has 1 fully saturated rings. The van der Waals surface area contributed by atoms with Gasteiger partial charge < -0.3 is 5.73 Å². The van der Waals surface area contributed by atoms with Crippen LogP contribution < -0.4 is 5.73 Å². The number of nitrogens with two attached hydrogens (primary N) is 1. The molecule has 0 saturated heterocycles. The van der Waals surface area contributed by atoms with E-state index in [9.17, 15) is 0 Å². The minimum absolute atomic E-state index is 0.329. The van der Waals surface area contributed by atoms with Crippen LogP contribution >= 0.6 is 0 Å². The van der Waals surface area contributed by atoms with Gasteiger partial charge in [-0.25, -0.2) is 0 Å². The lowest BCUT2D eigenvalue weighted by molar-refractivity contribution is 0.631. The fourth-order valence-corrected chi connectivity index (χ4v) is 1.77. The number of hydrogen-bond donors (Lipinski definition) is 1. The molecule has 2 rings (SSSR count). The van der Waals surface area contributed by atoms with E-state index in [2.05, 4.69) is 18.0 Å². The molecule has 0 bridgehead atoms. The molecule has 3 atom stereocenters. The van der Waals surface area contributed by atoms with E-state index in [1.807, 2.05) is 18.5 Å². The van der Waals surface area contributed by atoms with Crippen molar-refractivity contribution in [2.75, 3.05) is 0 Å². The minimum Gasteiger partial charge on any atom is -0.328 e. The molecule has 1 aliphatic carbocycles. The Hall–Kier alpha value is -0.890. The molecule has 3 unspecified atom stereocenters. The van der Waals surface area contributed by atoms with Crippen LogP contribution in [0.3, 0.4) is 0 Å². The fourth-order valence-electron chi connectivity index (χ4n) is 1.77. The van der Waals surface area contributed by atoms with Crippen molar-refractivity contribution in [3.05, 3.63) is 30.1 Å². The second kappa shape index (κ2) is 2.87. The molecular formula is C10H14N2. The summed E-state index contributed by atoms with van der Waals surface area (Å²) in [4.78, 5) is 4.10. The van der Waals surface area contributed by atoms with Crippen LogP contribution in [0.2, 0.25) is 0 Å². The second-order valence-corrected chi connectivity index (χ2v) is 3.65. The summed E-state index contributed by atoms with van der Waals surface area (Å²) in [7, 11) is 0. The molecule has 0 aliphatic heterocycles. The molecule has 0 radical (unpaired) electrons. The van der Waals surface area contributed by atoms with Crippen molar-refractivity contribution < 1.29 is 0 Å². The number of aromatic nitrogens is 1. The number of nitrogens with zero attached hydrogens (tertiary/aromatic N) is 1. The average molecular weight is 162 g/mol. The highest BCUT2D eigenvalue weighted by Crippen LogP contribution is 2.48. The van der Waals surface area contributed by atoms with Crippen molar-refractivity contribution >= 4 is 0 Å². The molecule has 2 N–H and O–H groups in total. The van der Waals surface area contributed by atoms with E-state index in [0.717, 1.165) is 0 Å². The summed E-state index contributed by atoms with van der Waals surface area (Å²) < 4.78 is 0. The number of pyridine rings is 1. The van der Waals surface area contributed by atoms with Crippen LogP contribution in [0.5, 0.6) is 0 Å². The van der Waals surface area contributed by atoms with Crippen LogP contribution in [0, 0.1) is 5.92 Å². The van der Waals surface area contributed by atoms with Gasteiger partial charge in [0.15, 0.2) is 0 Å². The molecule has 12 heavy (non-hydrogen) atoms. The van der Waals surface area contributed by atoms with Gasteiger partial charge >= 0.3 is 0 Å². The topological polar surface area (TPSA) is 38.9 Å². The summed E-state index contributed by atoms with van der Waals surface area (Å²) in [5, 5.41) is 0. The number of rotatable bonds is 2. The van der Waals surface area contributed by atoms with Crippen LogP contribution in [0.25, 0.3) is 0 Å². The van der Waals surface area contributed by atoms with Crippen LogP contribution in [-0.4, -0.2) is 11.0 Å². The van der Waals surface area contributed by atoms with Gasteiger partial charge in [-0.15, -0.1) is 0 Å². The van der Waals surface area contributed by atoms with Gasteiger partial charge in [0, 0.05) is 18.4 Å². The van der Waals surface area contributed by atoms with Crippen molar-refractivity contribution in [3.63, 3.8) is 0 Å². The minimum atomic E-state index is 0.329. The van der Waals surface area contributed by atoms with E-state index in [1.54, 1.807) is 0 Å². The van der Waals surface area contributed by atoms with Gasteiger partial charge in [-0.3, -0.25) is 4.98 Å². The van der Waals surface area contributed by atoms with Crippen LogP contribution in [0.1, 0.15) is 24.8 Å². The quantitative estimate of drug-likeness (QED) is 0.716. The van der Waals surface area contributed by atoms with Gasteiger partial charge in [0.1, 0.15) is 0 Å². The molecule has 0 amide bonds.